The second-order valence-corrected chi connectivity index (χ2v) is 10.2. The Morgan fingerprint density at radius 2 is 2.11 bits per heavy atom. The summed E-state index contributed by atoms with van der Waals surface area (Å²) in [6.07, 6.45) is 6.61. The minimum Gasteiger partial charge on any atom is -0.466 e. The number of benzene rings is 2. The Labute approximate surface area is 222 Å². The van der Waals surface area contributed by atoms with E-state index in [1.807, 2.05) is 57.6 Å². The molecule has 3 heterocycles. The Kier molecular flexibility index (Phi) is 7.58. The lowest BCUT2D eigenvalue weighted by molar-refractivity contribution is -0.144. The smallest absolute Gasteiger partial charge is 0.313 e. The van der Waals surface area contributed by atoms with E-state index in [0.29, 0.717) is 24.1 Å². The Balaban J connectivity index is 1.41. The van der Waals surface area contributed by atoms with Crippen LogP contribution >= 0.6 is 11.6 Å². The van der Waals surface area contributed by atoms with Crippen LogP contribution in [0.3, 0.4) is 0 Å². The van der Waals surface area contributed by atoms with Crippen LogP contribution in [0.4, 0.5) is 0 Å². The van der Waals surface area contributed by atoms with Gasteiger partial charge in [-0.3, -0.25) is 14.4 Å². The predicted molar refractivity (Wildman–Crippen MR) is 144 cm³/mol. The number of hydrogen-bond acceptors (Lipinski definition) is 6. The molecule has 37 heavy (non-hydrogen) atoms. The number of rotatable bonds is 8. The average molecular weight is 521 g/mol. The van der Waals surface area contributed by atoms with E-state index >= 15 is 0 Å². The lowest BCUT2D eigenvalue weighted by Crippen LogP contribution is -2.36. The monoisotopic (exact) mass is 520 g/mol. The van der Waals surface area contributed by atoms with Gasteiger partial charge >= 0.3 is 5.97 Å². The van der Waals surface area contributed by atoms with Crippen LogP contribution < -0.4 is 0 Å². The van der Waals surface area contributed by atoms with E-state index in [9.17, 15) is 4.79 Å². The number of carbonyl (C=O) groups excluding carboxylic acids is 1. The van der Waals surface area contributed by atoms with Crippen molar-refractivity contribution < 1.29 is 9.53 Å². The van der Waals surface area contributed by atoms with Gasteiger partial charge in [0.25, 0.3) is 0 Å². The molecule has 0 saturated carbocycles. The van der Waals surface area contributed by atoms with E-state index in [0.717, 1.165) is 65.8 Å². The minimum atomic E-state index is -0.443. The van der Waals surface area contributed by atoms with E-state index in [1.165, 1.54) is 0 Å². The summed E-state index contributed by atoms with van der Waals surface area (Å²) >= 11 is 6.67. The van der Waals surface area contributed by atoms with Crippen LogP contribution in [0.1, 0.15) is 54.0 Å². The third-order valence-corrected chi connectivity index (χ3v) is 7.76. The van der Waals surface area contributed by atoms with Gasteiger partial charge in [0.2, 0.25) is 0 Å². The van der Waals surface area contributed by atoms with E-state index in [-0.39, 0.29) is 5.97 Å². The molecule has 2 aromatic heterocycles. The molecule has 0 aliphatic carbocycles. The summed E-state index contributed by atoms with van der Waals surface area (Å²) in [5, 5.41) is 13.6. The summed E-state index contributed by atoms with van der Waals surface area (Å²) in [4.78, 5) is 15.6. The number of likely N-dealkylation sites (tertiary alicyclic amines) is 1. The molecule has 0 radical (unpaired) electrons. The molecule has 1 saturated heterocycles. The Hall–Kier alpha value is -3.23. The van der Waals surface area contributed by atoms with Crippen molar-refractivity contribution >= 4 is 28.6 Å². The standard InChI is InChI=1S/C28H33ClN6O2/c1-4-37-28(36)24(16-20-9-11-26-27(19(20)2)31-32-33(26)3)21-8-10-25(29)22(15-21)17-34-13-5-7-23(18-34)35-14-6-12-30-35/h6,8-12,14-15,23-24H,4-5,7,13,16-18H2,1-3H3. The summed E-state index contributed by atoms with van der Waals surface area (Å²) in [5.74, 6) is -0.673. The van der Waals surface area contributed by atoms with Gasteiger partial charge in [-0.1, -0.05) is 35.0 Å². The van der Waals surface area contributed by atoms with Crippen LogP contribution in [-0.2, 0) is 29.5 Å². The van der Waals surface area contributed by atoms with Crippen LogP contribution in [0.15, 0.2) is 48.8 Å². The van der Waals surface area contributed by atoms with Crippen molar-refractivity contribution in [2.45, 2.75) is 51.6 Å². The van der Waals surface area contributed by atoms with Gasteiger partial charge in [-0.15, -0.1) is 5.10 Å². The molecule has 0 amide bonds. The predicted octanol–water partition coefficient (Wildman–Crippen LogP) is 4.85. The molecule has 8 nitrogen and oxygen atoms in total. The Bertz CT molecular complexity index is 1380. The zero-order valence-corrected chi connectivity index (χ0v) is 22.4. The van der Waals surface area contributed by atoms with Crippen molar-refractivity contribution in [1.82, 2.24) is 29.7 Å². The van der Waals surface area contributed by atoms with Crippen LogP contribution in [0.2, 0.25) is 5.02 Å². The highest BCUT2D eigenvalue weighted by Crippen LogP contribution is 2.31. The summed E-state index contributed by atoms with van der Waals surface area (Å²) in [6.45, 7) is 6.86. The number of nitrogens with zero attached hydrogens (tertiary/aromatic N) is 6. The number of hydrogen-bond donors (Lipinski definition) is 0. The zero-order valence-electron chi connectivity index (χ0n) is 21.6. The number of esters is 1. The van der Waals surface area contributed by atoms with Crippen molar-refractivity contribution in [1.29, 1.82) is 0 Å². The van der Waals surface area contributed by atoms with Gasteiger partial charge in [-0.25, -0.2) is 4.68 Å². The number of halogens is 1. The Morgan fingerprint density at radius 3 is 2.89 bits per heavy atom. The molecule has 9 heteroatoms. The first kappa shape index (κ1) is 25.4. The molecule has 2 atom stereocenters. The first-order valence-corrected chi connectivity index (χ1v) is 13.3. The maximum absolute atomic E-state index is 13.2. The second-order valence-electron chi connectivity index (χ2n) is 9.81. The summed E-state index contributed by atoms with van der Waals surface area (Å²) < 4.78 is 9.33. The highest BCUT2D eigenvalue weighted by molar-refractivity contribution is 6.31. The minimum absolute atomic E-state index is 0.230. The van der Waals surface area contributed by atoms with Gasteiger partial charge in [-0.2, -0.15) is 5.10 Å². The van der Waals surface area contributed by atoms with E-state index in [1.54, 1.807) is 4.68 Å². The number of carbonyl (C=O) groups is 1. The fourth-order valence-corrected chi connectivity index (χ4v) is 5.53. The first-order valence-electron chi connectivity index (χ1n) is 12.9. The lowest BCUT2D eigenvalue weighted by Gasteiger charge is -2.33. The van der Waals surface area contributed by atoms with Gasteiger partial charge in [0.15, 0.2) is 0 Å². The number of ether oxygens (including phenoxy) is 1. The molecular formula is C28H33ClN6O2. The molecule has 194 valence electrons. The molecule has 1 fully saturated rings. The molecule has 1 aliphatic rings. The summed E-state index contributed by atoms with van der Waals surface area (Å²) in [6, 6.07) is 12.3. The molecule has 2 aromatic carbocycles. The van der Waals surface area contributed by atoms with Crippen molar-refractivity contribution in [3.8, 4) is 0 Å². The third-order valence-electron chi connectivity index (χ3n) is 7.39. The van der Waals surface area contributed by atoms with E-state index in [2.05, 4.69) is 37.1 Å². The second kappa shape index (κ2) is 11.0. The van der Waals surface area contributed by atoms with Gasteiger partial charge in [0.05, 0.1) is 24.1 Å². The van der Waals surface area contributed by atoms with Gasteiger partial charge in [-0.05, 0) is 80.1 Å². The maximum Gasteiger partial charge on any atom is 0.313 e. The molecule has 4 aromatic rings. The number of aromatic nitrogens is 5. The van der Waals surface area contributed by atoms with E-state index < -0.39 is 5.92 Å². The fourth-order valence-electron chi connectivity index (χ4n) is 5.36. The quantitative estimate of drug-likeness (QED) is 0.309. The van der Waals surface area contributed by atoms with Crippen molar-refractivity contribution in [2.75, 3.05) is 19.7 Å². The molecule has 1 aliphatic heterocycles. The summed E-state index contributed by atoms with van der Waals surface area (Å²) in [7, 11) is 1.88. The largest absolute Gasteiger partial charge is 0.466 e. The lowest BCUT2D eigenvalue weighted by atomic mass is 9.89. The average Bonchev–Trinajstić information content (AvgIpc) is 3.56. The maximum atomic E-state index is 13.2. The van der Waals surface area contributed by atoms with Crippen LogP contribution in [0.5, 0.6) is 0 Å². The Morgan fingerprint density at radius 1 is 1.24 bits per heavy atom. The third kappa shape index (κ3) is 5.40. The molecule has 0 N–H and O–H groups in total. The highest BCUT2D eigenvalue weighted by Gasteiger charge is 2.26. The fraction of sp³-hybridized carbons (Fsp3) is 0.429. The zero-order chi connectivity index (χ0) is 25.9. The van der Waals surface area contributed by atoms with Gasteiger partial charge in [0, 0.05) is 37.6 Å². The highest BCUT2D eigenvalue weighted by atomic mass is 35.5. The molecule has 0 bridgehead atoms. The van der Waals surface area contributed by atoms with Crippen molar-refractivity contribution in [3.05, 3.63) is 76.1 Å². The SMILES string of the molecule is CCOC(=O)C(Cc1ccc2c(nnn2C)c1C)c1ccc(Cl)c(CN2CCCC(n3cccn3)C2)c1. The van der Waals surface area contributed by atoms with Crippen LogP contribution in [0.25, 0.3) is 11.0 Å². The molecule has 2 unspecified atom stereocenters. The topological polar surface area (TPSA) is 78.1 Å². The van der Waals surface area contributed by atoms with E-state index in [4.69, 9.17) is 16.3 Å². The number of aryl methyl sites for hydroxylation is 2. The van der Waals surface area contributed by atoms with Gasteiger partial charge in [0.1, 0.15) is 5.52 Å². The van der Waals surface area contributed by atoms with Crippen LogP contribution in [-0.4, -0.2) is 55.3 Å². The number of piperidine rings is 1. The molecular weight excluding hydrogens is 488 g/mol. The summed E-state index contributed by atoms with van der Waals surface area (Å²) in [5.41, 5.74) is 5.86. The van der Waals surface area contributed by atoms with Crippen molar-refractivity contribution in [3.63, 3.8) is 0 Å². The van der Waals surface area contributed by atoms with Gasteiger partial charge < -0.3 is 4.74 Å². The first-order chi connectivity index (χ1) is 17.9. The number of fused-ring (bicyclic) bond motifs is 1. The van der Waals surface area contributed by atoms with Crippen LogP contribution in [0, 0.1) is 6.92 Å². The normalized spacial score (nSPS) is 17.2. The molecule has 5 rings (SSSR count). The molecule has 0 spiro atoms. The van der Waals surface area contributed by atoms with Crippen molar-refractivity contribution in [2.24, 2.45) is 7.05 Å².